The fraction of sp³-hybridized carbons (Fsp3) is 0.176. The number of rotatable bonds is 5. The van der Waals surface area contributed by atoms with Gasteiger partial charge in [0.15, 0.2) is 7.28 Å². The van der Waals surface area contributed by atoms with Crippen LogP contribution in [0.25, 0.3) is 6.08 Å². The van der Waals surface area contributed by atoms with E-state index < -0.39 is 0 Å². The van der Waals surface area contributed by atoms with Crippen LogP contribution in [0, 0.1) is 0 Å². The standard InChI is InChI=1S/C17H18B/c1-2-16-12-6-7-13-17(16)18-14-8-11-15-9-4-3-5-10-15/h3-13H,2,14H2,1H3. The van der Waals surface area contributed by atoms with Crippen LogP contribution in [0.3, 0.4) is 0 Å². The third-order valence-electron chi connectivity index (χ3n) is 3.02. The van der Waals surface area contributed by atoms with Gasteiger partial charge in [0.2, 0.25) is 0 Å². The summed E-state index contributed by atoms with van der Waals surface area (Å²) in [6.45, 7) is 2.20. The van der Waals surface area contributed by atoms with Crippen molar-refractivity contribution in [2.24, 2.45) is 0 Å². The molecule has 0 spiro atoms. The summed E-state index contributed by atoms with van der Waals surface area (Å²) in [5, 5.41) is 0. The Bertz CT molecular complexity index is 500. The molecule has 0 atom stereocenters. The Hall–Kier alpha value is -1.76. The Balaban J connectivity index is 1.91. The van der Waals surface area contributed by atoms with Crippen LogP contribution in [-0.2, 0) is 6.42 Å². The first-order chi connectivity index (χ1) is 8.90. The van der Waals surface area contributed by atoms with Gasteiger partial charge in [-0.2, -0.15) is 0 Å². The van der Waals surface area contributed by atoms with E-state index in [1.165, 1.54) is 16.6 Å². The predicted molar refractivity (Wildman–Crippen MR) is 81.5 cm³/mol. The fourth-order valence-electron chi connectivity index (χ4n) is 2.02. The molecule has 0 nitrogen and oxygen atoms in total. The lowest BCUT2D eigenvalue weighted by Gasteiger charge is -2.04. The second-order valence-corrected chi connectivity index (χ2v) is 4.31. The maximum absolute atomic E-state index is 2.29. The van der Waals surface area contributed by atoms with E-state index in [9.17, 15) is 0 Å². The second kappa shape index (κ2) is 6.85. The molecule has 0 aliphatic heterocycles. The maximum Gasteiger partial charge on any atom is 0.156 e. The van der Waals surface area contributed by atoms with Gasteiger partial charge in [-0.3, -0.25) is 0 Å². The van der Waals surface area contributed by atoms with Crippen molar-refractivity contribution in [3.63, 3.8) is 0 Å². The summed E-state index contributed by atoms with van der Waals surface area (Å²) in [6, 6.07) is 19.0. The molecule has 0 aliphatic carbocycles. The Morgan fingerprint density at radius 2 is 1.67 bits per heavy atom. The van der Waals surface area contributed by atoms with Crippen LogP contribution in [0.1, 0.15) is 18.1 Å². The first kappa shape index (κ1) is 12.7. The number of aryl methyl sites for hydroxylation is 1. The molecule has 0 heterocycles. The summed E-state index contributed by atoms with van der Waals surface area (Å²) < 4.78 is 0. The molecule has 0 saturated carbocycles. The quantitative estimate of drug-likeness (QED) is 0.690. The van der Waals surface area contributed by atoms with Crippen LogP contribution in [0.15, 0.2) is 60.7 Å². The van der Waals surface area contributed by atoms with E-state index in [0.717, 1.165) is 12.7 Å². The van der Waals surface area contributed by atoms with Crippen molar-refractivity contribution in [2.45, 2.75) is 19.7 Å². The van der Waals surface area contributed by atoms with Crippen LogP contribution in [0.2, 0.25) is 6.32 Å². The summed E-state index contributed by atoms with van der Waals surface area (Å²) in [5.41, 5.74) is 4.04. The molecule has 0 fully saturated rings. The van der Waals surface area contributed by atoms with E-state index in [2.05, 4.69) is 74.9 Å². The number of benzene rings is 2. The highest BCUT2D eigenvalue weighted by molar-refractivity contribution is 6.54. The van der Waals surface area contributed by atoms with Crippen molar-refractivity contribution >= 4 is 18.8 Å². The van der Waals surface area contributed by atoms with E-state index >= 15 is 0 Å². The topological polar surface area (TPSA) is 0 Å². The van der Waals surface area contributed by atoms with E-state index in [1.807, 2.05) is 6.07 Å². The lowest BCUT2D eigenvalue weighted by Crippen LogP contribution is -2.17. The van der Waals surface area contributed by atoms with Gasteiger partial charge in [0, 0.05) is 0 Å². The molecule has 89 valence electrons. The third kappa shape index (κ3) is 3.63. The van der Waals surface area contributed by atoms with E-state index in [-0.39, 0.29) is 0 Å². The van der Waals surface area contributed by atoms with Gasteiger partial charge >= 0.3 is 0 Å². The SMILES string of the molecule is CCc1ccccc1[B]CC=Cc1ccccc1. The molecule has 0 N–H and O–H groups in total. The van der Waals surface area contributed by atoms with E-state index in [0.29, 0.717) is 0 Å². The summed E-state index contributed by atoms with van der Waals surface area (Å²) in [6.07, 6.45) is 6.45. The van der Waals surface area contributed by atoms with Crippen molar-refractivity contribution < 1.29 is 0 Å². The molecule has 2 rings (SSSR count). The van der Waals surface area contributed by atoms with Crippen molar-refractivity contribution in [1.29, 1.82) is 0 Å². The molecule has 0 aliphatic rings. The van der Waals surface area contributed by atoms with Gasteiger partial charge in [-0.15, -0.1) is 0 Å². The zero-order valence-electron chi connectivity index (χ0n) is 10.8. The average molecular weight is 233 g/mol. The first-order valence-corrected chi connectivity index (χ1v) is 6.53. The molecule has 0 aromatic heterocycles. The van der Waals surface area contributed by atoms with Gasteiger partial charge < -0.3 is 0 Å². The van der Waals surface area contributed by atoms with Gasteiger partial charge in [0.25, 0.3) is 0 Å². The molecule has 0 bridgehead atoms. The van der Waals surface area contributed by atoms with Crippen molar-refractivity contribution in [2.75, 3.05) is 0 Å². The van der Waals surface area contributed by atoms with Gasteiger partial charge in [0.05, 0.1) is 0 Å². The molecule has 1 heteroatoms. The zero-order chi connectivity index (χ0) is 12.6. The largest absolute Gasteiger partial charge is 0.156 e. The normalized spacial score (nSPS) is 10.7. The zero-order valence-corrected chi connectivity index (χ0v) is 10.8. The highest BCUT2D eigenvalue weighted by atomic mass is 13.9. The maximum atomic E-state index is 2.29. The Morgan fingerprint density at radius 3 is 2.44 bits per heavy atom. The number of hydrogen-bond donors (Lipinski definition) is 0. The minimum Gasteiger partial charge on any atom is -0.0913 e. The highest BCUT2D eigenvalue weighted by Gasteiger charge is 1.98. The van der Waals surface area contributed by atoms with Crippen molar-refractivity contribution in [3.8, 4) is 0 Å². The van der Waals surface area contributed by atoms with Gasteiger partial charge in [-0.1, -0.05) is 91.0 Å². The molecule has 0 saturated heterocycles. The van der Waals surface area contributed by atoms with Gasteiger partial charge in [0.1, 0.15) is 0 Å². The predicted octanol–water partition coefficient (Wildman–Crippen LogP) is 3.71. The summed E-state index contributed by atoms with van der Waals surface area (Å²) in [5.74, 6) is 0. The lowest BCUT2D eigenvalue weighted by molar-refractivity contribution is 1.15. The Morgan fingerprint density at radius 1 is 0.944 bits per heavy atom. The summed E-state index contributed by atoms with van der Waals surface area (Å²) in [7, 11) is 2.29. The molecular weight excluding hydrogens is 215 g/mol. The van der Waals surface area contributed by atoms with Crippen LogP contribution >= 0.6 is 0 Å². The average Bonchev–Trinajstić information content (AvgIpc) is 2.45. The molecule has 2 aromatic rings. The third-order valence-corrected chi connectivity index (χ3v) is 3.02. The lowest BCUT2D eigenvalue weighted by atomic mass is 9.65. The molecule has 0 unspecified atom stereocenters. The van der Waals surface area contributed by atoms with Crippen LogP contribution in [-0.4, -0.2) is 7.28 Å². The molecule has 1 radical (unpaired) electrons. The van der Waals surface area contributed by atoms with Crippen LogP contribution < -0.4 is 5.46 Å². The highest BCUT2D eigenvalue weighted by Crippen LogP contribution is 2.02. The van der Waals surface area contributed by atoms with Gasteiger partial charge in [-0.05, 0) is 12.0 Å². The molecule has 0 amide bonds. The van der Waals surface area contributed by atoms with E-state index in [4.69, 9.17) is 0 Å². The van der Waals surface area contributed by atoms with Crippen molar-refractivity contribution in [3.05, 3.63) is 71.8 Å². The number of allylic oxidation sites excluding steroid dienone is 1. The van der Waals surface area contributed by atoms with Crippen LogP contribution in [0.5, 0.6) is 0 Å². The van der Waals surface area contributed by atoms with Crippen LogP contribution in [0.4, 0.5) is 0 Å². The minimum absolute atomic E-state index is 0.978. The summed E-state index contributed by atoms with van der Waals surface area (Å²) in [4.78, 5) is 0. The smallest absolute Gasteiger partial charge is 0.0913 e. The van der Waals surface area contributed by atoms with E-state index in [1.54, 1.807) is 0 Å². The summed E-state index contributed by atoms with van der Waals surface area (Å²) >= 11 is 0. The Kier molecular flexibility index (Phi) is 4.83. The fourth-order valence-corrected chi connectivity index (χ4v) is 2.02. The molecule has 2 aromatic carbocycles. The molecule has 18 heavy (non-hydrogen) atoms. The Labute approximate surface area is 111 Å². The monoisotopic (exact) mass is 233 g/mol. The molecular formula is C17H18B. The van der Waals surface area contributed by atoms with Crippen molar-refractivity contribution in [1.82, 2.24) is 0 Å². The second-order valence-electron chi connectivity index (χ2n) is 4.31. The first-order valence-electron chi connectivity index (χ1n) is 6.53. The number of hydrogen-bond acceptors (Lipinski definition) is 0. The van der Waals surface area contributed by atoms with Gasteiger partial charge in [-0.25, -0.2) is 0 Å². The minimum atomic E-state index is 0.978.